The smallest absolute Gasteiger partial charge is 0.293 e. The maximum Gasteiger partial charge on any atom is 0.293 e. The third-order valence-electron chi connectivity index (χ3n) is 2.77. The minimum Gasteiger partial charge on any atom is -0.545 e. The van der Waals surface area contributed by atoms with E-state index in [0.29, 0.717) is 6.47 Å². The summed E-state index contributed by atoms with van der Waals surface area (Å²) in [5.41, 5.74) is 0. The highest BCUT2D eigenvalue weighted by Gasteiger charge is 2.16. The van der Waals surface area contributed by atoms with E-state index in [-0.39, 0.29) is 6.10 Å². The summed E-state index contributed by atoms with van der Waals surface area (Å²) in [6.45, 7) is 11.2. The molecule has 1 atom stereocenters. The topological polar surface area (TPSA) is 35.5 Å². The van der Waals surface area contributed by atoms with Gasteiger partial charge >= 0.3 is 0 Å². The van der Waals surface area contributed by atoms with E-state index < -0.39 is 8.32 Å². The summed E-state index contributed by atoms with van der Waals surface area (Å²) in [6, 6.07) is 0. The summed E-state index contributed by atoms with van der Waals surface area (Å²) in [4.78, 5) is 10.5. The Balaban J connectivity index is 4.29. The first-order valence-electron chi connectivity index (χ1n) is 7.54. The molecule has 0 unspecified atom stereocenters. The Morgan fingerprint density at radius 3 is 2.45 bits per heavy atom. The van der Waals surface area contributed by atoms with Crippen molar-refractivity contribution in [2.45, 2.75) is 71.7 Å². The third-order valence-corrected chi connectivity index (χ3v) is 3.62. The van der Waals surface area contributed by atoms with Gasteiger partial charge in [0.1, 0.15) is 6.10 Å². The van der Waals surface area contributed by atoms with Crippen molar-refractivity contribution in [3.05, 3.63) is 24.0 Å². The van der Waals surface area contributed by atoms with Crippen molar-refractivity contribution in [2.24, 2.45) is 0 Å². The number of allylic oxidation sites excluding steroid dienone is 2. The lowest BCUT2D eigenvalue weighted by molar-refractivity contribution is -0.133. The number of carbonyl (C=O) groups excluding carboxylic acids is 1. The van der Waals surface area contributed by atoms with E-state index in [1.54, 1.807) is 0 Å². The molecule has 0 amide bonds. The summed E-state index contributed by atoms with van der Waals surface area (Å²) in [5.74, 6) is 0.905. The zero-order chi connectivity index (χ0) is 15.4. The van der Waals surface area contributed by atoms with Crippen molar-refractivity contribution in [1.82, 2.24) is 0 Å². The molecule has 0 aromatic rings. The van der Waals surface area contributed by atoms with Gasteiger partial charge in [0.15, 0.2) is 0 Å². The van der Waals surface area contributed by atoms with Gasteiger partial charge in [-0.2, -0.15) is 0 Å². The van der Waals surface area contributed by atoms with Gasteiger partial charge in [-0.15, -0.1) is 0 Å². The number of hydrogen-bond acceptors (Lipinski definition) is 3. The van der Waals surface area contributed by atoms with Gasteiger partial charge in [0, 0.05) is 6.42 Å². The van der Waals surface area contributed by atoms with E-state index in [1.807, 2.05) is 25.2 Å². The van der Waals surface area contributed by atoms with E-state index in [4.69, 9.17) is 9.16 Å². The van der Waals surface area contributed by atoms with Gasteiger partial charge in [-0.1, -0.05) is 25.8 Å². The van der Waals surface area contributed by atoms with E-state index in [0.717, 1.165) is 25.0 Å². The molecule has 116 valence electrons. The van der Waals surface area contributed by atoms with E-state index in [9.17, 15) is 4.79 Å². The largest absolute Gasteiger partial charge is 0.545 e. The summed E-state index contributed by atoms with van der Waals surface area (Å²) >= 11 is 0. The van der Waals surface area contributed by atoms with Gasteiger partial charge in [-0.3, -0.25) is 4.79 Å². The lowest BCUT2D eigenvalue weighted by Gasteiger charge is -2.20. The van der Waals surface area contributed by atoms with Gasteiger partial charge in [-0.05, 0) is 51.6 Å². The Morgan fingerprint density at radius 2 is 1.95 bits per heavy atom. The molecule has 0 heterocycles. The molecule has 0 rings (SSSR count). The molecule has 0 saturated heterocycles. The monoisotopic (exact) mass is 298 g/mol. The van der Waals surface area contributed by atoms with Crippen LogP contribution in [0.1, 0.15) is 46.0 Å². The second-order valence-electron chi connectivity index (χ2n) is 5.89. The molecule has 0 aliphatic carbocycles. The SMILES string of the molecule is C/C=C(\C=C\C[C@@H](CCCCC)OC=O)O[Si](C)(C)C. The average molecular weight is 298 g/mol. The second kappa shape index (κ2) is 10.7. The number of rotatable bonds is 11. The molecule has 0 spiro atoms. The fraction of sp³-hybridized carbons (Fsp3) is 0.688. The molecule has 0 aliphatic heterocycles. The van der Waals surface area contributed by atoms with E-state index in [2.05, 4.69) is 26.6 Å². The van der Waals surface area contributed by atoms with Gasteiger partial charge in [0.05, 0.1) is 5.76 Å². The van der Waals surface area contributed by atoms with Crippen molar-refractivity contribution in [3.8, 4) is 0 Å². The molecule has 0 fully saturated rings. The van der Waals surface area contributed by atoms with Crippen LogP contribution in [-0.2, 0) is 14.0 Å². The molecule has 0 aromatic heterocycles. The lowest BCUT2D eigenvalue weighted by atomic mass is 10.1. The minimum atomic E-state index is -1.57. The van der Waals surface area contributed by atoms with Gasteiger partial charge < -0.3 is 9.16 Å². The highest BCUT2D eigenvalue weighted by Crippen LogP contribution is 2.14. The van der Waals surface area contributed by atoms with Crippen molar-refractivity contribution < 1.29 is 14.0 Å². The lowest BCUT2D eigenvalue weighted by Crippen LogP contribution is -2.24. The molecular formula is C16H30O3Si. The van der Waals surface area contributed by atoms with Crippen molar-refractivity contribution >= 4 is 14.8 Å². The Bertz CT molecular complexity index is 316. The molecular weight excluding hydrogens is 268 g/mol. The molecule has 0 saturated carbocycles. The first-order chi connectivity index (χ1) is 9.42. The fourth-order valence-corrected chi connectivity index (χ4v) is 2.71. The summed E-state index contributed by atoms with van der Waals surface area (Å²) in [7, 11) is -1.57. The summed E-state index contributed by atoms with van der Waals surface area (Å²) in [6.07, 6.45) is 11.1. The maximum absolute atomic E-state index is 10.5. The predicted molar refractivity (Wildman–Crippen MR) is 87.0 cm³/mol. The number of hydrogen-bond donors (Lipinski definition) is 0. The number of ether oxygens (including phenoxy) is 1. The molecule has 0 radical (unpaired) electrons. The van der Waals surface area contributed by atoms with Crippen molar-refractivity contribution in [2.75, 3.05) is 0 Å². The number of unbranched alkanes of at least 4 members (excludes halogenated alkanes) is 2. The van der Waals surface area contributed by atoms with Gasteiger partial charge in [-0.25, -0.2) is 0 Å². The normalized spacial score (nSPS) is 14.3. The van der Waals surface area contributed by atoms with Crippen LogP contribution in [0.3, 0.4) is 0 Å². The third kappa shape index (κ3) is 10.8. The van der Waals surface area contributed by atoms with E-state index in [1.165, 1.54) is 12.8 Å². The molecule has 0 aliphatic rings. The van der Waals surface area contributed by atoms with Crippen LogP contribution in [0.15, 0.2) is 24.0 Å². The maximum atomic E-state index is 10.5. The van der Waals surface area contributed by atoms with Crippen LogP contribution in [0.5, 0.6) is 0 Å². The Kier molecular flexibility index (Phi) is 10.2. The molecule has 0 aromatic carbocycles. The molecule has 0 bridgehead atoms. The van der Waals surface area contributed by atoms with E-state index >= 15 is 0 Å². The molecule has 4 heteroatoms. The quantitative estimate of drug-likeness (QED) is 0.180. The van der Waals surface area contributed by atoms with Gasteiger partial charge in [0.2, 0.25) is 8.32 Å². The summed E-state index contributed by atoms with van der Waals surface area (Å²) in [5, 5.41) is 0. The van der Waals surface area contributed by atoms with Crippen LogP contribution in [0.2, 0.25) is 19.6 Å². The van der Waals surface area contributed by atoms with Crippen molar-refractivity contribution in [3.63, 3.8) is 0 Å². The Hall–Kier alpha value is -1.03. The van der Waals surface area contributed by atoms with Crippen LogP contribution < -0.4 is 0 Å². The Morgan fingerprint density at radius 1 is 1.25 bits per heavy atom. The number of carbonyl (C=O) groups is 1. The summed E-state index contributed by atoms with van der Waals surface area (Å²) < 4.78 is 11.1. The first kappa shape index (κ1) is 19.0. The van der Waals surface area contributed by atoms with Crippen LogP contribution in [-0.4, -0.2) is 20.9 Å². The molecule has 3 nitrogen and oxygen atoms in total. The van der Waals surface area contributed by atoms with Crippen LogP contribution in [0, 0.1) is 0 Å². The highest BCUT2D eigenvalue weighted by molar-refractivity contribution is 6.70. The molecule has 0 N–H and O–H groups in total. The van der Waals surface area contributed by atoms with Crippen LogP contribution >= 0.6 is 0 Å². The predicted octanol–water partition coefficient (Wildman–Crippen LogP) is 4.81. The van der Waals surface area contributed by atoms with Gasteiger partial charge in [0.25, 0.3) is 6.47 Å². The zero-order valence-corrected chi connectivity index (χ0v) is 14.6. The van der Waals surface area contributed by atoms with Crippen LogP contribution in [0.25, 0.3) is 0 Å². The minimum absolute atomic E-state index is 0.0136. The Labute approximate surface area is 125 Å². The van der Waals surface area contributed by atoms with Crippen LogP contribution in [0.4, 0.5) is 0 Å². The molecule has 20 heavy (non-hydrogen) atoms. The second-order valence-corrected chi connectivity index (χ2v) is 10.3. The highest BCUT2D eigenvalue weighted by atomic mass is 28.4. The standard InChI is InChI=1S/C16H30O3Si/c1-6-8-9-11-16(18-14-17)13-10-12-15(7-2)19-20(3,4)5/h7,10,12,14,16H,6,8-9,11,13H2,1-5H3/b12-10+,15-7+/t16-/m1/s1. The van der Waals surface area contributed by atoms with Crippen molar-refractivity contribution in [1.29, 1.82) is 0 Å². The average Bonchev–Trinajstić information content (AvgIpc) is 2.36. The zero-order valence-electron chi connectivity index (χ0n) is 13.6. The first-order valence-corrected chi connectivity index (χ1v) is 10.9. The fourth-order valence-electron chi connectivity index (χ4n) is 1.82.